The second-order valence-corrected chi connectivity index (χ2v) is 6.72. The third kappa shape index (κ3) is 2.33. The van der Waals surface area contributed by atoms with Crippen molar-refractivity contribution in [1.82, 2.24) is 4.57 Å². The number of aromatic nitrogens is 1. The van der Waals surface area contributed by atoms with Gasteiger partial charge in [0.15, 0.2) is 0 Å². The Bertz CT molecular complexity index is 862. The molecule has 0 amide bonds. The fraction of sp³-hybridized carbons (Fsp3) is 0.368. The summed E-state index contributed by atoms with van der Waals surface area (Å²) in [6.45, 7) is 4.76. The first-order chi connectivity index (χ1) is 11.2. The molecule has 4 heteroatoms. The maximum absolute atomic E-state index is 12.1. The van der Waals surface area contributed by atoms with Gasteiger partial charge in [-0.2, -0.15) is 5.26 Å². The highest BCUT2D eigenvalue weighted by atomic mass is 16.1. The molecule has 0 saturated carbocycles. The van der Waals surface area contributed by atoms with Crippen LogP contribution in [0.5, 0.6) is 0 Å². The largest absolute Gasteiger partial charge is 0.370 e. The molecule has 1 aromatic heterocycles. The van der Waals surface area contributed by atoms with Crippen LogP contribution < -0.4 is 10.5 Å². The molecule has 3 heterocycles. The third-order valence-electron chi connectivity index (χ3n) is 5.16. The normalized spacial score (nSPS) is 22.3. The SMILES string of the molecule is Cc1ccc(C#N)cc1N1C[C@@H]2C[C@H](C1)c1cccc(=O)n1C2. The molecule has 2 aliphatic rings. The summed E-state index contributed by atoms with van der Waals surface area (Å²) in [4.78, 5) is 14.5. The molecule has 0 aliphatic carbocycles. The molecule has 1 saturated heterocycles. The molecule has 4 nitrogen and oxygen atoms in total. The Morgan fingerprint density at radius 3 is 2.87 bits per heavy atom. The molecule has 0 radical (unpaired) electrons. The van der Waals surface area contributed by atoms with E-state index in [2.05, 4.69) is 24.0 Å². The average molecular weight is 305 g/mol. The van der Waals surface area contributed by atoms with Crippen molar-refractivity contribution in [2.24, 2.45) is 5.92 Å². The summed E-state index contributed by atoms with van der Waals surface area (Å²) in [6.07, 6.45) is 1.15. The van der Waals surface area contributed by atoms with Gasteiger partial charge in [-0.25, -0.2) is 0 Å². The first kappa shape index (κ1) is 14.1. The number of hydrogen-bond donors (Lipinski definition) is 0. The molecule has 0 N–H and O–H groups in total. The van der Waals surface area contributed by atoms with Gasteiger partial charge < -0.3 is 9.47 Å². The summed E-state index contributed by atoms with van der Waals surface area (Å²) in [7, 11) is 0. The Kier molecular flexibility index (Phi) is 3.23. The lowest BCUT2D eigenvalue weighted by Crippen LogP contribution is -2.47. The number of anilines is 1. The highest BCUT2D eigenvalue weighted by molar-refractivity contribution is 5.58. The van der Waals surface area contributed by atoms with E-state index in [0.29, 0.717) is 17.4 Å². The lowest BCUT2D eigenvalue weighted by atomic mass is 9.82. The number of pyridine rings is 1. The topological polar surface area (TPSA) is 49.0 Å². The molecular formula is C19H19N3O. The Morgan fingerprint density at radius 2 is 2.04 bits per heavy atom. The number of benzene rings is 1. The molecule has 2 aliphatic heterocycles. The van der Waals surface area contributed by atoms with E-state index in [4.69, 9.17) is 5.26 Å². The zero-order chi connectivity index (χ0) is 16.0. The fourth-order valence-corrected chi connectivity index (χ4v) is 4.11. The fourth-order valence-electron chi connectivity index (χ4n) is 4.11. The van der Waals surface area contributed by atoms with Gasteiger partial charge in [-0.05, 0) is 43.0 Å². The van der Waals surface area contributed by atoms with Crippen molar-refractivity contribution < 1.29 is 0 Å². The number of nitrogens with zero attached hydrogens (tertiary/aromatic N) is 3. The van der Waals surface area contributed by atoms with E-state index in [1.165, 1.54) is 5.56 Å². The van der Waals surface area contributed by atoms with Gasteiger partial charge in [0.2, 0.25) is 0 Å². The third-order valence-corrected chi connectivity index (χ3v) is 5.16. The van der Waals surface area contributed by atoms with Crippen molar-refractivity contribution in [2.75, 3.05) is 18.0 Å². The first-order valence-electron chi connectivity index (χ1n) is 8.11. The lowest BCUT2D eigenvalue weighted by molar-refractivity contribution is 0.281. The van der Waals surface area contributed by atoms with E-state index in [1.807, 2.05) is 28.8 Å². The van der Waals surface area contributed by atoms with Crippen LogP contribution in [0.3, 0.4) is 0 Å². The van der Waals surface area contributed by atoms with Crippen molar-refractivity contribution >= 4 is 5.69 Å². The molecule has 23 heavy (non-hydrogen) atoms. The summed E-state index contributed by atoms with van der Waals surface area (Å²) in [5.74, 6) is 0.882. The standard InChI is InChI=1S/C19H19N3O/c1-13-5-6-14(9-20)8-18(13)21-10-15-7-16(12-21)17-3-2-4-19(23)22(17)11-15/h2-6,8,15-16H,7,10-12H2,1H3/t15-,16+/m0/s1. The molecule has 2 aromatic rings. The quantitative estimate of drug-likeness (QED) is 0.814. The zero-order valence-electron chi connectivity index (χ0n) is 13.2. The number of piperidine rings is 1. The summed E-state index contributed by atoms with van der Waals surface area (Å²) in [6, 6.07) is 13.7. The van der Waals surface area contributed by atoms with Crippen molar-refractivity contribution in [2.45, 2.75) is 25.8 Å². The summed E-state index contributed by atoms with van der Waals surface area (Å²) >= 11 is 0. The monoisotopic (exact) mass is 305 g/mol. The highest BCUT2D eigenvalue weighted by Gasteiger charge is 2.34. The Balaban J connectivity index is 1.72. The molecule has 2 bridgehead atoms. The minimum Gasteiger partial charge on any atom is -0.370 e. The van der Waals surface area contributed by atoms with E-state index in [0.717, 1.165) is 37.4 Å². The molecular weight excluding hydrogens is 286 g/mol. The van der Waals surface area contributed by atoms with E-state index < -0.39 is 0 Å². The lowest BCUT2D eigenvalue weighted by Gasteiger charge is -2.44. The van der Waals surface area contributed by atoms with Crippen molar-refractivity contribution in [3.63, 3.8) is 0 Å². The van der Waals surface area contributed by atoms with Gasteiger partial charge >= 0.3 is 0 Å². The van der Waals surface area contributed by atoms with Crippen LogP contribution in [0.1, 0.15) is 29.2 Å². The van der Waals surface area contributed by atoms with Gasteiger partial charge in [-0.15, -0.1) is 0 Å². The van der Waals surface area contributed by atoms with Crippen LogP contribution in [0.15, 0.2) is 41.2 Å². The van der Waals surface area contributed by atoms with Crippen molar-refractivity contribution in [3.8, 4) is 6.07 Å². The van der Waals surface area contributed by atoms with E-state index in [-0.39, 0.29) is 5.56 Å². The second kappa shape index (κ2) is 5.27. The van der Waals surface area contributed by atoms with Gasteiger partial charge in [-0.3, -0.25) is 4.79 Å². The molecule has 1 aromatic carbocycles. The van der Waals surface area contributed by atoms with Crippen LogP contribution in [-0.4, -0.2) is 17.7 Å². The molecule has 2 atom stereocenters. The van der Waals surface area contributed by atoms with Gasteiger partial charge in [0.1, 0.15) is 0 Å². The minimum atomic E-state index is 0.119. The van der Waals surface area contributed by atoms with Crippen molar-refractivity contribution in [3.05, 3.63) is 63.6 Å². The molecule has 0 spiro atoms. The van der Waals surface area contributed by atoms with Crippen LogP contribution in [0.25, 0.3) is 0 Å². The van der Waals surface area contributed by atoms with Crippen molar-refractivity contribution in [1.29, 1.82) is 5.26 Å². The van der Waals surface area contributed by atoms with Crippen LogP contribution in [0.4, 0.5) is 5.69 Å². The van der Waals surface area contributed by atoms with Gasteiger partial charge in [-0.1, -0.05) is 12.1 Å². The Morgan fingerprint density at radius 1 is 1.17 bits per heavy atom. The maximum atomic E-state index is 12.1. The number of rotatable bonds is 1. The number of fused-ring (bicyclic) bond motifs is 4. The van der Waals surface area contributed by atoms with Crippen LogP contribution in [-0.2, 0) is 6.54 Å². The first-order valence-corrected chi connectivity index (χ1v) is 8.11. The van der Waals surface area contributed by atoms with Crippen LogP contribution >= 0.6 is 0 Å². The van der Waals surface area contributed by atoms with Gasteiger partial charge in [0.05, 0.1) is 11.6 Å². The van der Waals surface area contributed by atoms with Crippen LogP contribution in [0, 0.1) is 24.2 Å². The minimum absolute atomic E-state index is 0.119. The Hall–Kier alpha value is -2.54. The zero-order valence-corrected chi connectivity index (χ0v) is 13.2. The summed E-state index contributed by atoms with van der Waals surface area (Å²) in [5, 5.41) is 9.17. The Labute approximate surface area is 135 Å². The summed E-state index contributed by atoms with van der Waals surface area (Å²) < 4.78 is 1.95. The van der Waals surface area contributed by atoms with Crippen LogP contribution in [0.2, 0.25) is 0 Å². The van der Waals surface area contributed by atoms with Gasteiger partial charge in [0, 0.05) is 43.0 Å². The van der Waals surface area contributed by atoms with E-state index in [9.17, 15) is 4.79 Å². The molecule has 0 unspecified atom stereocenters. The summed E-state index contributed by atoms with van der Waals surface area (Å²) in [5.41, 5.74) is 4.35. The number of hydrogen-bond acceptors (Lipinski definition) is 3. The van der Waals surface area contributed by atoms with Gasteiger partial charge in [0.25, 0.3) is 5.56 Å². The molecule has 1 fully saturated rings. The van der Waals surface area contributed by atoms with E-state index >= 15 is 0 Å². The molecule has 116 valence electrons. The predicted molar refractivity (Wildman–Crippen MR) is 89.7 cm³/mol. The smallest absolute Gasteiger partial charge is 0.250 e. The van der Waals surface area contributed by atoms with E-state index in [1.54, 1.807) is 6.07 Å². The predicted octanol–water partition coefficient (Wildman–Crippen LogP) is 2.65. The second-order valence-electron chi connectivity index (χ2n) is 6.72. The number of nitriles is 1. The highest BCUT2D eigenvalue weighted by Crippen LogP contribution is 2.37. The number of aryl methyl sites for hydroxylation is 1. The molecule has 4 rings (SSSR count). The average Bonchev–Trinajstić information content (AvgIpc) is 2.56. The maximum Gasteiger partial charge on any atom is 0.250 e.